The third-order valence-electron chi connectivity index (χ3n) is 4.24. The van der Waals surface area contributed by atoms with Crippen molar-refractivity contribution in [2.75, 3.05) is 6.54 Å². The fourth-order valence-corrected chi connectivity index (χ4v) is 2.80. The van der Waals surface area contributed by atoms with Crippen LogP contribution in [0.1, 0.15) is 24.2 Å². The summed E-state index contributed by atoms with van der Waals surface area (Å²) < 4.78 is 5.43. The van der Waals surface area contributed by atoms with Gasteiger partial charge in [-0.2, -0.15) is 5.26 Å². The first-order valence-electron chi connectivity index (χ1n) is 8.68. The van der Waals surface area contributed by atoms with Gasteiger partial charge in [0.2, 0.25) is 0 Å². The summed E-state index contributed by atoms with van der Waals surface area (Å²) in [4.78, 5) is 0. The maximum atomic E-state index is 10.4. The molecule has 0 saturated heterocycles. The van der Waals surface area contributed by atoms with Gasteiger partial charge in [0.1, 0.15) is 11.8 Å². The van der Waals surface area contributed by atoms with Crippen molar-refractivity contribution in [1.82, 2.24) is 5.32 Å². The second-order valence-corrected chi connectivity index (χ2v) is 6.29. The molecular weight excluding hydrogens is 324 g/mol. The van der Waals surface area contributed by atoms with E-state index in [-0.39, 0.29) is 0 Å². The van der Waals surface area contributed by atoms with Gasteiger partial charge in [0.15, 0.2) is 6.10 Å². The maximum Gasteiger partial charge on any atom is 0.181 e. The number of aliphatic hydroxyl groups is 1. The minimum atomic E-state index is -0.557. The molecule has 0 heterocycles. The summed E-state index contributed by atoms with van der Waals surface area (Å²) in [7, 11) is 0. The van der Waals surface area contributed by atoms with Gasteiger partial charge in [-0.15, -0.1) is 0 Å². The predicted octanol–water partition coefficient (Wildman–Crippen LogP) is 3.95. The van der Waals surface area contributed by atoms with Crippen LogP contribution in [0.2, 0.25) is 0 Å². The zero-order valence-corrected chi connectivity index (χ0v) is 14.7. The second-order valence-electron chi connectivity index (χ2n) is 6.29. The van der Waals surface area contributed by atoms with Gasteiger partial charge in [-0.3, -0.25) is 0 Å². The molecule has 0 aromatic heterocycles. The molecule has 0 aliphatic rings. The number of hydrogen-bond acceptors (Lipinski definition) is 4. The van der Waals surface area contributed by atoms with Crippen LogP contribution in [0, 0.1) is 11.3 Å². The van der Waals surface area contributed by atoms with Crippen molar-refractivity contribution in [1.29, 1.82) is 5.26 Å². The highest BCUT2D eigenvalue weighted by atomic mass is 16.5. The largest absolute Gasteiger partial charge is 0.476 e. The lowest BCUT2D eigenvalue weighted by Gasteiger charge is -2.13. The number of nitrogens with zero attached hydrogens (tertiary/aromatic N) is 1. The smallest absolute Gasteiger partial charge is 0.181 e. The molecule has 132 valence electrons. The summed E-state index contributed by atoms with van der Waals surface area (Å²) in [5.74, 6) is 0.680. The van der Waals surface area contributed by atoms with E-state index in [9.17, 15) is 5.11 Å². The zero-order valence-electron chi connectivity index (χ0n) is 14.7. The van der Waals surface area contributed by atoms with E-state index in [2.05, 4.69) is 17.4 Å². The van der Waals surface area contributed by atoms with Crippen molar-refractivity contribution in [2.24, 2.45) is 0 Å². The van der Waals surface area contributed by atoms with Crippen LogP contribution in [0.4, 0.5) is 0 Å². The van der Waals surface area contributed by atoms with Crippen LogP contribution < -0.4 is 10.1 Å². The summed E-state index contributed by atoms with van der Waals surface area (Å²) in [5, 5.41) is 24.8. The first kappa shape index (κ1) is 17.9. The maximum absolute atomic E-state index is 10.4. The summed E-state index contributed by atoms with van der Waals surface area (Å²) in [5.41, 5.74) is 2.00. The fraction of sp³-hybridized carbons (Fsp3) is 0.227. The van der Waals surface area contributed by atoms with Gasteiger partial charge in [0.25, 0.3) is 0 Å². The van der Waals surface area contributed by atoms with E-state index in [0.29, 0.717) is 18.8 Å². The lowest BCUT2D eigenvalue weighted by Crippen LogP contribution is -2.21. The highest BCUT2D eigenvalue weighted by Gasteiger charge is 2.08. The van der Waals surface area contributed by atoms with E-state index in [1.54, 1.807) is 6.92 Å². The van der Waals surface area contributed by atoms with Crippen molar-refractivity contribution in [2.45, 2.75) is 25.7 Å². The van der Waals surface area contributed by atoms with E-state index < -0.39 is 12.2 Å². The van der Waals surface area contributed by atoms with Crippen molar-refractivity contribution >= 4 is 10.8 Å². The first-order valence-corrected chi connectivity index (χ1v) is 8.68. The Morgan fingerprint density at radius 1 is 1.04 bits per heavy atom. The van der Waals surface area contributed by atoms with Crippen LogP contribution in [-0.2, 0) is 6.54 Å². The van der Waals surface area contributed by atoms with Crippen molar-refractivity contribution in [3.05, 3.63) is 77.9 Å². The Morgan fingerprint density at radius 2 is 1.77 bits per heavy atom. The SMILES string of the molecule is CC(C#N)Oc1ccc(CNCC(O)c2ccc3ccccc3c2)cc1. The third-order valence-corrected chi connectivity index (χ3v) is 4.24. The van der Waals surface area contributed by atoms with E-state index >= 15 is 0 Å². The molecule has 4 heteroatoms. The molecule has 0 saturated carbocycles. The van der Waals surface area contributed by atoms with Gasteiger partial charge in [0.05, 0.1) is 6.10 Å². The number of rotatable bonds is 7. The number of ether oxygens (including phenoxy) is 1. The molecule has 0 radical (unpaired) electrons. The molecule has 0 aliphatic heterocycles. The third kappa shape index (κ3) is 4.60. The van der Waals surface area contributed by atoms with Gasteiger partial charge in [-0.25, -0.2) is 0 Å². The van der Waals surface area contributed by atoms with Gasteiger partial charge in [-0.05, 0) is 47.0 Å². The Balaban J connectivity index is 1.53. The molecule has 3 aromatic carbocycles. The van der Waals surface area contributed by atoms with Crippen LogP contribution in [-0.4, -0.2) is 17.8 Å². The molecule has 0 bridgehead atoms. The molecule has 2 atom stereocenters. The molecule has 3 aromatic rings. The number of benzene rings is 3. The quantitative estimate of drug-likeness (QED) is 0.680. The lowest BCUT2D eigenvalue weighted by atomic mass is 10.0. The van der Waals surface area contributed by atoms with E-state index in [0.717, 1.165) is 16.5 Å². The van der Waals surface area contributed by atoms with Gasteiger partial charge < -0.3 is 15.2 Å². The number of fused-ring (bicyclic) bond motifs is 1. The molecule has 4 nitrogen and oxygen atoms in total. The predicted molar refractivity (Wildman–Crippen MR) is 103 cm³/mol. The van der Waals surface area contributed by atoms with Gasteiger partial charge >= 0.3 is 0 Å². The summed E-state index contributed by atoms with van der Waals surface area (Å²) in [6.45, 7) is 2.84. The fourth-order valence-electron chi connectivity index (χ4n) is 2.80. The summed E-state index contributed by atoms with van der Waals surface area (Å²) >= 11 is 0. The monoisotopic (exact) mass is 346 g/mol. The second kappa shape index (κ2) is 8.48. The zero-order chi connectivity index (χ0) is 18.4. The highest BCUT2D eigenvalue weighted by Crippen LogP contribution is 2.20. The Labute approximate surface area is 153 Å². The number of nitriles is 1. The average Bonchev–Trinajstić information content (AvgIpc) is 2.68. The number of hydrogen-bond donors (Lipinski definition) is 2. The van der Waals surface area contributed by atoms with Crippen molar-refractivity contribution in [3.8, 4) is 11.8 Å². The minimum absolute atomic E-state index is 0.462. The topological polar surface area (TPSA) is 65.3 Å². The molecule has 26 heavy (non-hydrogen) atoms. The Bertz CT molecular complexity index is 900. The molecule has 0 amide bonds. The summed E-state index contributed by atoms with van der Waals surface area (Å²) in [6.07, 6.45) is -1.02. The number of nitrogens with one attached hydrogen (secondary N) is 1. The van der Waals surface area contributed by atoms with Crippen molar-refractivity contribution < 1.29 is 9.84 Å². The highest BCUT2D eigenvalue weighted by molar-refractivity contribution is 5.83. The van der Waals surface area contributed by atoms with Crippen molar-refractivity contribution in [3.63, 3.8) is 0 Å². The Hall–Kier alpha value is -2.87. The average molecular weight is 346 g/mol. The van der Waals surface area contributed by atoms with Crippen LogP contribution in [0.3, 0.4) is 0 Å². The van der Waals surface area contributed by atoms with Crippen LogP contribution in [0.25, 0.3) is 10.8 Å². The molecule has 2 unspecified atom stereocenters. The van der Waals surface area contributed by atoms with E-state index in [4.69, 9.17) is 10.00 Å². The summed E-state index contributed by atoms with van der Waals surface area (Å²) in [6, 6.07) is 23.8. The van der Waals surface area contributed by atoms with E-state index in [1.165, 1.54) is 5.39 Å². The van der Waals surface area contributed by atoms with Crippen LogP contribution in [0.15, 0.2) is 66.7 Å². The minimum Gasteiger partial charge on any atom is -0.476 e. The Kier molecular flexibility index (Phi) is 5.85. The van der Waals surface area contributed by atoms with Gasteiger partial charge in [-0.1, -0.05) is 48.5 Å². The molecule has 2 N–H and O–H groups in total. The first-order chi connectivity index (χ1) is 12.7. The van der Waals surface area contributed by atoms with Gasteiger partial charge in [0, 0.05) is 13.1 Å². The molecular formula is C22H22N2O2. The van der Waals surface area contributed by atoms with Crippen LogP contribution >= 0.6 is 0 Å². The number of aliphatic hydroxyl groups excluding tert-OH is 1. The normalized spacial score (nSPS) is 13.1. The Morgan fingerprint density at radius 3 is 2.50 bits per heavy atom. The van der Waals surface area contributed by atoms with Crippen LogP contribution in [0.5, 0.6) is 5.75 Å². The molecule has 0 fully saturated rings. The molecule has 0 spiro atoms. The van der Waals surface area contributed by atoms with E-state index in [1.807, 2.05) is 60.7 Å². The molecule has 0 aliphatic carbocycles. The molecule has 3 rings (SSSR count). The standard InChI is InChI=1S/C22H22N2O2/c1-16(13-23)26-21-10-6-17(7-11-21)14-24-15-22(25)20-9-8-18-4-2-3-5-19(18)12-20/h2-12,16,22,24-25H,14-15H2,1H3. The lowest BCUT2D eigenvalue weighted by molar-refractivity contribution is 0.174.